The molecule has 128 valence electrons. The van der Waals surface area contributed by atoms with E-state index in [0.29, 0.717) is 17.1 Å². The minimum Gasteiger partial charge on any atom is -0.340 e. The number of anilines is 3. The summed E-state index contributed by atoms with van der Waals surface area (Å²) >= 11 is 0. The Bertz CT molecular complexity index is 994. The van der Waals surface area contributed by atoms with Crippen molar-refractivity contribution in [3.8, 4) is 6.07 Å². The van der Waals surface area contributed by atoms with Crippen molar-refractivity contribution in [2.75, 3.05) is 10.6 Å². The molecule has 0 aliphatic rings. The summed E-state index contributed by atoms with van der Waals surface area (Å²) in [6.45, 7) is 0. The van der Waals surface area contributed by atoms with Crippen molar-refractivity contribution in [3.63, 3.8) is 0 Å². The summed E-state index contributed by atoms with van der Waals surface area (Å²) < 4.78 is 27.3. The molecule has 3 aromatic rings. The van der Waals surface area contributed by atoms with Gasteiger partial charge < -0.3 is 10.6 Å². The highest BCUT2D eigenvalue weighted by Crippen LogP contribution is 2.20. The predicted octanol–water partition coefficient (Wildman–Crippen LogP) is 4.23. The van der Waals surface area contributed by atoms with Crippen molar-refractivity contribution in [1.82, 2.24) is 4.98 Å². The van der Waals surface area contributed by atoms with Gasteiger partial charge in [-0.25, -0.2) is 13.8 Å². The zero-order chi connectivity index (χ0) is 18.5. The third kappa shape index (κ3) is 3.82. The molecule has 0 unspecified atom stereocenters. The van der Waals surface area contributed by atoms with Gasteiger partial charge in [-0.15, -0.1) is 0 Å². The lowest BCUT2D eigenvalue weighted by molar-refractivity contribution is 0.102. The van der Waals surface area contributed by atoms with E-state index in [9.17, 15) is 13.6 Å². The maximum absolute atomic E-state index is 13.7. The van der Waals surface area contributed by atoms with Crippen LogP contribution in [0.3, 0.4) is 0 Å². The lowest BCUT2D eigenvalue weighted by Gasteiger charge is -2.09. The summed E-state index contributed by atoms with van der Waals surface area (Å²) in [5.74, 6) is -2.05. The van der Waals surface area contributed by atoms with Crippen molar-refractivity contribution in [3.05, 3.63) is 83.6 Å². The number of nitrogens with one attached hydrogen (secondary N) is 2. The number of aromatic nitrogens is 1. The van der Waals surface area contributed by atoms with Crippen molar-refractivity contribution < 1.29 is 13.6 Å². The first-order chi connectivity index (χ1) is 12.6. The second kappa shape index (κ2) is 7.40. The van der Waals surface area contributed by atoms with E-state index in [-0.39, 0.29) is 5.56 Å². The smallest absolute Gasteiger partial charge is 0.256 e. The Morgan fingerprint density at radius 1 is 1.04 bits per heavy atom. The molecular weight excluding hydrogens is 338 g/mol. The van der Waals surface area contributed by atoms with Crippen LogP contribution in [-0.4, -0.2) is 10.9 Å². The van der Waals surface area contributed by atoms with Crippen molar-refractivity contribution >= 4 is 23.1 Å². The van der Waals surface area contributed by atoms with Crippen LogP contribution in [0, 0.1) is 23.0 Å². The molecule has 0 aliphatic heterocycles. The van der Waals surface area contributed by atoms with Gasteiger partial charge in [0.1, 0.15) is 23.1 Å². The lowest BCUT2D eigenvalue weighted by atomic mass is 10.2. The molecule has 0 aliphatic carbocycles. The van der Waals surface area contributed by atoms with E-state index in [4.69, 9.17) is 5.26 Å². The minimum absolute atomic E-state index is 0.168. The van der Waals surface area contributed by atoms with Crippen LogP contribution < -0.4 is 10.6 Å². The Balaban J connectivity index is 1.80. The number of carbonyl (C=O) groups is 1. The van der Waals surface area contributed by atoms with E-state index in [1.165, 1.54) is 24.4 Å². The van der Waals surface area contributed by atoms with Crippen LogP contribution in [0.25, 0.3) is 0 Å². The van der Waals surface area contributed by atoms with Crippen LogP contribution in [0.4, 0.5) is 26.0 Å². The first kappa shape index (κ1) is 17.0. The highest BCUT2D eigenvalue weighted by Gasteiger charge is 2.14. The predicted molar refractivity (Wildman–Crippen MR) is 93.0 cm³/mol. The summed E-state index contributed by atoms with van der Waals surface area (Å²) in [4.78, 5) is 16.4. The van der Waals surface area contributed by atoms with Gasteiger partial charge in [0.05, 0.1) is 11.6 Å². The molecule has 0 saturated carbocycles. The minimum atomic E-state index is -0.862. The largest absolute Gasteiger partial charge is 0.340 e. The van der Waals surface area contributed by atoms with Gasteiger partial charge in [-0.1, -0.05) is 12.1 Å². The monoisotopic (exact) mass is 350 g/mol. The molecule has 2 N–H and O–H groups in total. The van der Waals surface area contributed by atoms with Gasteiger partial charge in [-0.2, -0.15) is 5.26 Å². The molecular formula is C19H12F2N4O. The second-order valence-corrected chi connectivity index (χ2v) is 5.30. The fourth-order valence-electron chi connectivity index (χ4n) is 2.26. The summed E-state index contributed by atoms with van der Waals surface area (Å²) in [6.07, 6.45) is 1.39. The SMILES string of the molecule is N#Cc1cccc(Nc2cc(C(=O)Nc3c(F)cccc3F)ccn2)c1. The molecule has 1 amide bonds. The van der Waals surface area contributed by atoms with E-state index in [1.807, 2.05) is 6.07 Å². The number of hydrogen-bond donors (Lipinski definition) is 2. The molecule has 0 fully saturated rings. The van der Waals surface area contributed by atoms with Crippen LogP contribution in [0.5, 0.6) is 0 Å². The van der Waals surface area contributed by atoms with Crippen molar-refractivity contribution in [2.24, 2.45) is 0 Å². The molecule has 0 radical (unpaired) electrons. The van der Waals surface area contributed by atoms with Crippen LogP contribution in [0.2, 0.25) is 0 Å². The molecule has 7 heteroatoms. The maximum atomic E-state index is 13.7. The third-order valence-electron chi connectivity index (χ3n) is 3.49. The first-order valence-electron chi connectivity index (χ1n) is 7.55. The van der Waals surface area contributed by atoms with Gasteiger partial charge in [-0.05, 0) is 42.5 Å². The highest BCUT2D eigenvalue weighted by atomic mass is 19.1. The van der Waals surface area contributed by atoms with E-state index in [1.54, 1.807) is 24.3 Å². The Hall–Kier alpha value is -3.79. The third-order valence-corrected chi connectivity index (χ3v) is 3.49. The normalized spacial score (nSPS) is 10.0. The van der Waals surface area contributed by atoms with E-state index < -0.39 is 23.2 Å². The zero-order valence-corrected chi connectivity index (χ0v) is 13.3. The maximum Gasteiger partial charge on any atom is 0.256 e. The molecule has 0 bridgehead atoms. The zero-order valence-electron chi connectivity index (χ0n) is 13.3. The quantitative estimate of drug-likeness (QED) is 0.738. The molecule has 5 nitrogen and oxygen atoms in total. The van der Waals surface area contributed by atoms with Crippen molar-refractivity contribution in [2.45, 2.75) is 0 Å². The number of hydrogen-bond acceptors (Lipinski definition) is 4. The molecule has 2 aromatic carbocycles. The average Bonchev–Trinajstić information content (AvgIpc) is 2.65. The molecule has 0 atom stereocenters. The molecule has 0 saturated heterocycles. The van der Waals surface area contributed by atoms with Crippen LogP contribution in [-0.2, 0) is 0 Å². The number of pyridine rings is 1. The fraction of sp³-hybridized carbons (Fsp3) is 0. The Labute approximate surface area is 147 Å². The van der Waals surface area contributed by atoms with Gasteiger partial charge >= 0.3 is 0 Å². The first-order valence-corrected chi connectivity index (χ1v) is 7.55. The second-order valence-electron chi connectivity index (χ2n) is 5.30. The number of amides is 1. The van der Waals surface area contributed by atoms with Crippen LogP contribution in [0.1, 0.15) is 15.9 Å². The number of halogens is 2. The molecule has 3 rings (SSSR count). The highest BCUT2D eigenvalue weighted by molar-refractivity contribution is 6.04. The van der Waals surface area contributed by atoms with Crippen LogP contribution >= 0.6 is 0 Å². The lowest BCUT2D eigenvalue weighted by Crippen LogP contribution is -2.14. The summed E-state index contributed by atoms with van der Waals surface area (Å²) in [5, 5.41) is 14.1. The Morgan fingerprint density at radius 3 is 2.50 bits per heavy atom. The summed E-state index contributed by atoms with van der Waals surface area (Å²) in [7, 11) is 0. The molecule has 0 spiro atoms. The van der Waals surface area contributed by atoms with Crippen molar-refractivity contribution in [1.29, 1.82) is 5.26 Å². The molecule has 26 heavy (non-hydrogen) atoms. The van der Waals surface area contributed by atoms with Gasteiger partial charge in [0.25, 0.3) is 5.91 Å². The van der Waals surface area contributed by atoms with Crippen LogP contribution in [0.15, 0.2) is 60.8 Å². The molecule has 1 heterocycles. The number of nitrogens with zero attached hydrogens (tertiary/aromatic N) is 2. The van der Waals surface area contributed by atoms with E-state index in [0.717, 1.165) is 12.1 Å². The average molecular weight is 350 g/mol. The van der Waals surface area contributed by atoms with Gasteiger partial charge in [-0.3, -0.25) is 4.79 Å². The van der Waals surface area contributed by atoms with E-state index in [2.05, 4.69) is 15.6 Å². The van der Waals surface area contributed by atoms with E-state index >= 15 is 0 Å². The topological polar surface area (TPSA) is 77.8 Å². The Kier molecular flexibility index (Phi) is 4.85. The number of rotatable bonds is 4. The summed E-state index contributed by atoms with van der Waals surface area (Å²) in [5.41, 5.74) is 0.750. The number of para-hydroxylation sites is 1. The number of benzene rings is 2. The number of nitriles is 1. The van der Waals surface area contributed by atoms with Gasteiger partial charge in [0.2, 0.25) is 0 Å². The van der Waals surface area contributed by atoms with Gasteiger partial charge in [0, 0.05) is 17.4 Å². The standard InChI is InChI=1S/C19H12F2N4O/c20-15-5-2-6-16(21)18(15)25-19(26)13-7-8-23-17(10-13)24-14-4-1-3-12(9-14)11-22/h1-10H,(H,23,24)(H,25,26). The Morgan fingerprint density at radius 2 is 1.77 bits per heavy atom. The van der Waals surface area contributed by atoms with Gasteiger partial charge in [0.15, 0.2) is 0 Å². The fourth-order valence-corrected chi connectivity index (χ4v) is 2.26. The molecule has 1 aromatic heterocycles. The number of carbonyl (C=O) groups excluding carboxylic acids is 1. The summed E-state index contributed by atoms with van der Waals surface area (Å²) in [6, 6.07) is 14.9.